The van der Waals surface area contributed by atoms with Crippen molar-refractivity contribution < 1.29 is 19.8 Å². The maximum Gasteiger partial charge on any atom is 0.356 e. The predicted octanol–water partition coefficient (Wildman–Crippen LogP) is 0.235. The lowest BCUT2D eigenvalue weighted by Crippen LogP contribution is -2.55. The van der Waals surface area contributed by atoms with E-state index in [2.05, 4.69) is 0 Å². The van der Waals surface area contributed by atoms with E-state index < -0.39 is 5.97 Å². The maximum atomic E-state index is 11.0. The Kier molecular flexibility index (Phi) is 1.55. The normalized spacial score (nSPS) is 26.9. The first kappa shape index (κ1) is 8.10. The van der Waals surface area contributed by atoms with Crippen LogP contribution >= 0.6 is 0 Å². The Labute approximate surface area is 74.3 Å². The van der Waals surface area contributed by atoms with E-state index in [0.29, 0.717) is 19.3 Å². The summed E-state index contributed by atoms with van der Waals surface area (Å²) in [5.74, 6) is -1.62. The minimum atomic E-state index is -1.23. The van der Waals surface area contributed by atoms with Crippen molar-refractivity contribution in [2.75, 3.05) is 0 Å². The van der Waals surface area contributed by atoms with Gasteiger partial charge in [-0.25, -0.2) is 4.79 Å². The van der Waals surface area contributed by atoms with Crippen LogP contribution in [0.25, 0.3) is 0 Å². The first-order valence-electron chi connectivity index (χ1n) is 4.08. The maximum absolute atomic E-state index is 11.0. The molecule has 0 aromatic carbocycles. The van der Waals surface area contributed by atoms with Crippen LogP contribution in [0.15, 0.2) is 11.5 Å². The van der Waals surface area contributed by atoms with Crippen LogP contribution in [0.2, 0.25) is 0 Å². The molecule has 0 aliphatic carbocycles. The number of carboxylic acid groups (broad SMARTS) is 1. The molecule has 2 heterocycles. The molecule has 1 atom stereocenters. The van der Waals surface area contributed by atoms with Gasteiger partial charge in [0.1, 0.15) is 5.76 Å². The monoisotopic (exact) mass is 183 g/mol. The Morgan fingerprint density at radius 2 is 2.23 bits per heavy atom. The molecule has 2 aliphatic heterocycles. The fraction of sp³-hybridized carbons (Fsp3) is 0.500. The van der Waals surface area contributed by atoms with E-state index in [1.54, 1.807) is 0 Å². The number of hydrogen-bond donors (Lipinski definition) is 2. The number of nitrogens with zero attached hydrogens (tertiary/aromatic N) is 1. The summed E-state index contributed by atoms with van der Waals surface area (Å²) >= 11 is 0. The number of carbonyl (C=O) groups excluding carboxylic acids is 1. The standard InChI is InChI=1S/C8H9NO4/c10-5-2-1-4-3-6(11)9(4)7(5)8(12)13/h4,10H,1-3H2,(H,12,13)/t4-/m1/s1. The molecule has 0 spiro atoms. The molecule has 13 heavy (non-hydrogen) atoms. The molecule has 5 nitrogen and oxygen atoms in total. The Bertz CT molecular complexity index is 320. The Morgan fingerprint density at radius 1 is 1.54 bits per heavy atom. The highest BCUT2D eigenvalue weighted by atomic mass is 16.4. The van der Waals surface area contributed by atoms with Gasteiger partial charge in [-0.3, -0.25) is 9.69 Å². The second kappa shape index (κ2) is 2.48. The van der Waals surface area contributed by atoms with Crippen molar-refractivity contribution >= 4 is 11.9 Å². The predicted molar refractivity (Wildman–Crippen MR) is 41.8 cm³/mol. The van der Waals surface area contributed by atoms with Crippen molar-refractivity contribution in [2.24, 2.45) is 0 Å². The topological polar surface area (TPSA) is 77.8 Å². The van der Waals surface area contributed by atoms with E-state index in [0.717, 1.165) is 0 Å². The van der Waals surface area contributed by atoms with Gasteiger partial charge in [0.05, 0.1) is 0 Å². The molecule has 0 unspecified atom stereocenters. The van der Waals surface area contributed by atoms with Gasteiger partial charge in [-0.2, -0.15) is 0 Å². The molecule has 2 rings (SSSR count). The van der Waals surface area contributed by atoms with Gasteiger partial charge in [-0.05, 0) is 6.42 Å². The third-order valence-electron chi connectivity index (χ3n) is 2.48. The van der Waals surface area contributed by atoms with Gasteiger partial charge in [0.15, 0.2) is 5.70 Å². The second-order valence-electron chi connectivity index (χ2n) is 3.26. The van der Waals surface area contributed by atoms with Crippen molar-refractivity contribution in [2.45, 2.75) is 25.3 Å². The average molecular weight is 183 g/mol. The summed E-state index contributed by atoms with van der Waals surface area (Å²) in [6.07, 6.45) is 1.43. The minimum Gasteiger partial charge on any atom is -0.510 e. The van der Waals surface area contributed by atoms with E-state index in [-0.39, 0.29) is 23.4 Å². The van der Waals surface area contributed by atoms with Crippen molar-refractivity contribution in [1.29, 1.82) is 0 Å². The molecule has 1 fully saturated rings. The minimum absolute atomic E-state index is 0.00509. The molecule has 0 bridgehead atoms. The van der Waals surface area contributed by atoms with Crippen LogP contribution in [-0.2, 0) is 9.59 Å². The summed E-state index contributed by atoms with van der Waals surface area (Å²) in [6.45, 7) is 0. The van der Waals surface area contributed by atoms with Crippen LogP contribution in [0.3, 0.4) is 0 Å². The Balaban J connectivity index is 2.37. The number of aliphatic carboxylic acids is 1. The molecule has 0 saturated carbocycles. The summed E-state index contributed by atoms with van der Waals surface area (Å²) in [7, 11) is 0. The van der Waals surface area contributed by atoms with Crippen LogP contribution in [0, 0.1) is 0 Å². The number of allylic oxidation sites excluding steroid dienone is 1. The number of amides is 1. The van der Waals surface area contributed by atoms with Crippen LogP contribution in [-0.4, -0.2) is 33.0 Å². The average Bonchev–Trinajstić information content (AvgIpc) is 2.05. The molecule has 70 valence electrons. The number of carboxylic acids is 1. The lowest BCUT2D eigenvalue weighted by Gasteiger charge is -2.43. The van der Waals surface area contributed by atoms with Gasteiger partial charge in [-0.1, -0.05) is 0 Å². The second-order valence-corrected chi connectivity index (χ2v) is 3.26. The third kappa shape index (κ3) is 0.998. The third-order valence-corrected chi connectivity index (χ3v) is 2.48. The highest BCUT2D eigenvalue weighted by molar-refractivity contribution is 5.96. The van der Waals surface area contributed by atoms with Crippen molar-refractivity contribution in [1.82, 2.24) is 4.90 Å². The van der Waals surface area contributed by atoms with Gasteiger partial charge in [0.2, 0.25) is 5.91 Å². The van der Waals surface area contributed by atoms with Crippen molar-refractivity contribution in [3.8, 4) is 0 Å². The van der Waals surface area contributed by atoms with Gasteiger partial charge in [0, 0.05) is 18.9 Å². The highest BCUT2D eigenvalue weighted by Crippen LogP contribution is 2.35. The zero-order chi connectivity index (χ0) is 9.59. The summed E-state index contributed by atoms with van der Waals surface area (Å²) in [5.41, 5.74) is -0.229. The van der Waals surface area contributed by atoms with Gasteiger partial charge >= 0.3 is 5.97 Å². The van der Waals surface area contributed by atoms with Crippen LogP contribution in [0.1, 0.15) is 19.3 Å². The molecule has 2 N–H and O–H groups in total. The van der Waals surface area contributed by atoms with Crippen molar-refractivity contribution in [3.05, 3.63) is 11.5 Å². The summed E-state index contributed by atoms with van der Waals surface area (Å²) in [6, 6.07) is -0.00509. The van der Waals surface area contributed by atoms with Crippen LogP contribution < -0.4 is 0 Å². The molecular formula is C8H9NO4. The lowest BCUT2D eigenvalue weighted by atomic mass is 9.91. The quantitative estimate of drug-likeness (QED) is 0.570. The number of carbonyl (C=O) groups is 2. The van der Waals surface area contributed by atoms with E-state index in [1.165, 1.54) is 4.90 Å². The summed E-state index contributed by atoms with van der Waals surface area (Å²) in [4.78, 5) is 22.9. The fourth-order valence-corrected chi connectivity index (χ4v) is 1.81. The zero-order valence-electron chi connectivity index (χ0n) is 6.86. The number of rotatable bonds is 1. The molecule has 0 radical (unpaired) electrons. The smallest absolute Gasteiger partial charge is 0.356 e. The molecular weight excluding hydrogens is 174 g/mol. The van der Waals surface area contributed by atoms with Crippen LogP contribution in [0.4, 0.5) is 0 Å². The zero-order valence-corrected chi connectivity index (χ0v) is 6.86. The number of fused-ring (bicyclic) bond motifs is 1. The number of aliphatic hydroxyl groups excluding tert-OH is 1. The Morgan fingerprint density at radius 3 is 2.69 bits per heavy atom. The number of hydrogen-bond acceptors (Lipinski definition) is 3. The van der Waals surface area contributed by atoms with Crippen molar-refractivity contribution in [3.63, 3.8) is 0 Å². The summed E-state index contributed by atoms with van der Waals surface area (Å²) in [5, 5.41) is 18.0. The van der Waals surface area contributed by atoms with Gasteiger partial charge < -0.3 is 10.2 Å². The van der Waals surface area contributed by atoms with E-state index in [4.69, 9.17) is 5.11 Å². The summed E-state index contributed by atoms with van der Waals surface area (Å²) < 4.78 is 0. The lowest BCUT2D eigenvalue weighted by molar-refractivity contribution is -0.151. The SMILES string of the molecule is O=C(O)C1=C(O)CC[C@@H]2CC(=O)N12. The molecule has 0 aromatic heterocycles. The van der Waals surface area contributed by atoms with Gasteiger partial charge in [-0.15, -0.1) is 0 Å². The Hall–Kier alpha value is -1.52. The van der Waals surface area contributed by atoms with Crippen LogP contribution in [0.5, 0.6) is 0 Å². The molecule has 1 amide bonds. The largest absolute Gasteiger partial charge is 0.510 e. The highest BCUT2D eigenvalue weighted by Gasteiger charge is 2.44. The number of aliphatic hydroxyl groups is 1. The molecule has 1 saturated heterocycles. The molecule has 5 heteroatoms. The first-order valence-corrected chi connectivity index (χ1v) is 4.08. The van der Waals surface area contributed by atoms with Gasteiger partial charge in [0.25, 0.3) is 0 Å². The van der Waals surface area contributed by atoms with E-state index in [1.807, 2.05) is 0 Å². The van der Waals surface area contributed by atoms with E-state index >= 15 is 0 Å². The molecule has 2 aliphatic rings. The number of β-lactam (4-membered cyclic amide) rings is 1. The fourth-order valence-electron chi connectivity index (χ4n) is 1.81. The first-order chi connectivity index (χ1) is 6.11. The molecule has 0 aromatic rings. The van der Waals surface area contributed by atoms with E-state index in [9.17, 15) is 14.7 Å².